The van der Waals surface area contributed by atoms with Gasteiger partial charge in [0.05, 0.1) is 5.69 Å². The number of benzene rings is 9. The van der Waals surface area contributed by atoms with Crippen LogP contribution in [0.1, 0.15) is 0 Å². The van der Waals surface area contributed by atoms with Crippen molar-refractivity contribution in [3.63, 3.8) is 0 Å². The fourth-order valence-electron chi connectivity index (χ4n) is 7.75. The predicted octanol–water partition coefficient (Wildman–Crippen LogP) is 13.8. The first-order chi connectivity index (χ1) is 24.8. The lowest BCUT2D eigenvalue weighted by Gasteiger charge is -2.27. The van der Waals surface area contributed by atoms with Crippen LogP contribution in [0.3, 0.4) is 0 Å². The molecule has 2 nitrogen and oxygen atoms in total. The van der Waals surface area contributed by atoms with Crippen molar-refractivity contribution in [1.82, 2.24) is 0 Å². The Morgan fingerprint density at radius 3 is 1.74 bits per heavy atom. The summed E-state index contributed by atoms with van der Waals surface area (Å²) in [6.45, 7) is 0. The summed E-state index contributed by atoms with van der Waals surface area (Å²) < 4.78 is 6.82. The van der Waals surface area contributed by atoms with Crippen molar-refractivity contribution in [3.05, 3.63) is 188 Å². The van der Waals surface area contributed by atoms with E-state index in [2.05, 4.69) is 193 Å². The Bertz CT molecular complexity index is 2850. The van der Waals surface area contributed by atoms with Crippen molar-refractivity contribution in [2.45, 2.75) is 0 Å². The molecule has 0 aliphatic carbocycles. The highest BCUT2D eigenvalue weighted by Gasteiger charge is 2.22. The number of nitrogens with zero attached hydrogens (tertiary/aromatic N) is 1. The van der Waals surface area contributed by atoms with Crippen LogP contribution in [0.15, 0.2) is 192 Å². The number of fused-ring (bicyclic) bond motifs is 8. The molecule has 0 N–H and O–H groups in total. The molecule has 0 bridgehead atoms. The van der Waals surface area contributed by atoms with Gasteiger partial charge in [-0.2, -0.15) is 0 Å². The lowest BCUT2D eigenvalue weighted by Crippen LogP contribution is -2.10. The van der Waals surface area contributed by atoms with E-state index < -0.39 is 0 Å². The van der Waals surface area contributed by atoms with E-state index in [1.165, 1.54) is 43.8 Å². The van der Waals surface area contributed by atoms with Gasteiger partial charge in [0.25, 0.3) is 0 Å². The second-order valence-corrected chi connectivity index (χ2v) is 12.9. The van der Waals surface area contributed by atoms with Crippen molar-refractivity contribution < 1.29 is 4.42 Å². The van der Waals surface area contributed by atoms with Gasteiger partial charge in [-0.1, -0.05) is 146 Å². The molecule has 0 amide bonds. The zero-order chi connectivity index (χ0) is 33.0. The number of hydrogen-bond acceptors (Lipinski definition) is 2. The normalized spacial score (nSPS) is 11.6. The molecule has 0 spiro atoms. The first kappa shape index (κ1) is 28.4. The van der Waals surface area contributed by atoms with Crippen LogP contribution in [-0.4, -0.2) is 0 Å². The third-order valence-corrected chi connectivity index (χ3v) is 10.0. The van der Waals surface area contributed by atoms with Crippen molar-refractivity contribution in [2.75, 3.05) is 4.90 Å². The van der Waals surface area contributed by atoms with Gasteiger partial charge in [0, 0.05) is 32.9 Å². The van der Waals surface area contributed by atoms with Gasteiger partial charge in [-0.05, 0) is 86.3 Å². The Morgan fingerprint density at radius 1 is 0.360 bits per heavy atom. The van der Waals surface area contributed by atoms with Crippen LogP contribution in [0.2, 0.25) is 0 Å². The number of furan rings is 1. The summed E-state index contributed by atoms with van der Waals surface area (Å²) in [7, 11) is 0. The average Bonchev–Trinajstić information content (AvgIpc) is 3.58. The van der Waals surface area contributed by atoms with Crippen LogP contribution in [0.5, 0.6) is 0 Å². The molecule has 0 radical (unpaired) electrons. The summed E-state index contributed by atoms with van der Waals surface area (Å²) in [6.07, 6.45) is 0. The van der Waals surface area contributed by atoms with E-state index in [1.807, 2.05) is 0 Å². The van der Waals surface area contributed by atoms with Crippen LogP contribution in [0, 0.1) is 0 Å². The smallest absolute Gasteiger partial charge is 0.143 e. The standard InChI is InChI=1S/C48H31NO/c1-3-14-32(15-4-1)33-26-28-36(29-27-33)49(35-17-5-2-6-18-35)45-31-44-47-41(24-13-25-46(47)50-48(44)42-23-12-11-22-40(42)45)43-30-34-16-7-8-19-37(34)38-20-9-10-21-39(38)43/h1-31H. The van der Waals surface area contributed by atoms with Crippen molar-refractivity contribution in [2.24, 2.45) is 0 Å². The highest BCUT2D eigenvalue weighted by Crippen LogP contribution is 2.47. The van der Waals surface area contributed by atoms with Gasteiger partial charge in [-0.15, -0.1) is 0 Å². The van der Waals surface area contributed by atoms with E-state index in [0.717, 1.165) is 49.8 Å². The molecule has 1 heterocycles. The average molecular weight is 638 g/mol. The predicted molar refractivity (Wildman–Crippen MR) is 212 cm³/mol. The minimum Gasteiger partial charge on any atom is -0.455 e. The third-order valence-electron chi connectivity index (χ3n) is 10.0. The molecule has 2 heteroatoms. The molecule has 0 atom stereocenters. The van der Waals surface area contributed by atoms with Crippen molar-refractivity contribution in [1.29, 1.82) is 0 Å². The quantitative estimate of drug-likeness (QED) is 0.175. The van der Waals surface area contributed by atoms with E-state index in [4.69, 9.17) is 4.42 Å². The molecule has 1 aromatic heterocycles. The fraction of sp³-hybridized carbons (Fsp3) is 0. The Morgan fingerprint density at radius 2 is 0.960 bits per heavy atom. The molecule has 0 aliphatic heterocycles. The zero-order valence-electron chi connectivity index (χ0n) is 27.3. The number of hydrogen-bond donors (Lipinski definition) is 0. The highest BCUT2D eigenvalue weighted by atomic mass is 16.3. The summed E-state index contributed by atoms with van der Waals surface area (Å²) >= 11 is 0. The topological polar surface area (TPSA) is 16.4 Å². The summed E-state index contributed by atoms with van der Waals surface area (Å²) in [6, 6.07) is 67.3. The first-order valence-electron chi connectivity index (χ1n) is 17.1. The van der Waals surface area contributed by atoms with Gasteiger partial charge in [0.1, 0.15) is 11.2 Å². The molecule has 10 rings (SSSR count). The van der Waals surface area contributed by atoms with Crippen molar-refractivity contribution >= 4 is 71.3 Å². The molecular weight excluding hydrogens is 607 g/mol. The molecule has 234 valence electrons. The molecule has 0 saturated carbocycles. The Labute approximate surface area is 290 Å². The summed E-state index contributed by atoms with van der Waals surface area (Å²) in [4.78, 5) is 2.38. The van der Waals surface area contributed by atoms with E-state index in [9.17, 15) is 0 Å². The van der Waals surface area contributed by atoms with Crippen LogP contribution in [0.25, 0.3) is 76.5 Å². The van der Waals surface area contributed by atoms with Gasteiger partial charge in [-0.3, -0.25) is 0 Å². The van der Waals surface area contributed by atoms with Gasteiger partial charge in [0.2, 0.25) is 0 Å². The fourth-order valence-corrected chi connectivity index (χ4v) is 7.75. The largest absolute Gasteiger partial charge is 0.455 e. The third kappa shape index (κ3) is 4.50. The molecule has 0 saturated heterocycles. The Kier molecular flexibility index (Phi) is 6.53. The maximum Gasteiger partial charge on any atom is 0.143 e. The van der Waals surface area contributed by atoms with Gasteiger partial charge in [-0.25, -0.2) is 0 Å². The maximum absolute atomic E-state index is 6.82. The van der Waals surface area contributed by atoms with Crippen molar-refractivity contribution in [3.8, 4) is 22.3 Å². The summed E-state index contributed by atoms with van der Waals surface area (Å²) in [5, 5.41) is 9.43. The first-order valence-corrected chi connectivity index (χ1v) is 17.1. The van der Waals surface area contributed by atoms with E-state index >= 15 is 0 Å². The molecule has 10 aromatic rings. The molecule has 9 aromatic carbocycles. The molecular formula is C48H31NO. The summed E-state index contributed by atoms with van der Waals surface area (Å²) in [5.74, 6) is 0. The Balaban J connectivity index is 1.27. The van der Waals surface area contributed by atoms with E-state index in [-0.39, 0.29) is 0 Å². The van der Waals surface area contributed by atoms with Gasteiger partial charge in [0.15, 0.2) is 0 Å². The summed E-state index contributed by atoms with van der Waals surface area (Å²) in [5.41, 5.74) is 9.85. The lowest BCUT2D eigenvalue weighted by atomic mass is 9.91. The number of rotatable bonds is 5. The Hall–Kier alpha value is -6.64. The molecule has 50 heavy (non-hydrogen) atoms. The maximum atomic E-state index is 6.82. The molecule has 0 aliphatic rings. The minimum absolute atomic E-state index is 0.885. The molecule has 0 fully saturated rings. The van der Waals surface area contributed by atoms with Crippen LogP contribution < -0.4 is 4.90 Å². The van der Waals surface area contributed by atoms with Gasteiger partial charge < -0.3 is 9.32 Å². The highest BCUT2D eigenvalue weighted by molar-refractivity contribution is 6.24. The zero-order valence-corrected chi connectivity index (χ0v) is 27.3. The van der Waals surface area contributed by atoms with Crippen LogP contribution in [0.4, 0.5) is 17.1 Å². The minimum atomic E-state index is 0.885. The van der Waals surface area contributed by atoms with Crippen LogP contribution >= 0.6 is 0 Å². The lowest BCUT2D eigenvalue weighted by molar-refractivity contribution is 0.673. The van der Waals surface area contributed by atoms with E-state index in [1.54, 1.807) is 0 Å². The van der Waals surface area contributed by atoms with E-state index in [0.29, 0.717) is 0 Å². The van der Waals surface area contributed by atoms with Crippen LogP contribution in [-0.2, 0) is 0 Å². The number of anilines is 3. The number of para-hydroxylation sites is 1. The van der Waals surface area contributed by atoms with Gasteiger partial charge >= 0.3 is 0 Å². The second-order valence-electron chi connectivity index (χ2n) is 12.9. The second kappa shape index (κ2) is 11.5. The molecule has 0 unspecified atom stereocenters. The SMILES string of the molecule is c1ccc(-c2ccc(N(c3ccccc3)c3cc4c(oc5cccc(-c6cc7ccccc7c7ccccc67)c54)c4ccccc34)cc2)cc1. The monoisotopic (exact) mass is 637 g/mol.